The van der Waals surface area contributed by atoms with Crippen LogP contribution in [0.15, 0.2) is 29.3 Å². The molecule has 1 unspecified atom stereocenters. The van der Waals surface area contributed by atoms with E-state index in [0.717, 1.165) is 44.6 Å². The number of guanidine groups is 1. The molecule has 1 fully saturated rings. The fourth-order valence-electron chi connectivity index (χ4n) is 4.25. The first-order chi connectivity index (χ1) is 13.7. The van der Waals surface area contributed by atoms with E-state index in [-0.39, 0.29) is 12.5 Å². The molecule has 0 spiro atoms. The monoisotopic (exact) mass is 385 g/mol. The molecule has 0 bridgehead atoms. The lowest BCUT2D eigenvalue weighted by atomic mass is 10.0. The smallest absolute Gasteiger partial charge is 0.246 e. The van der Waals surface area contributed by atoms with E-state index < -0.39 is 0 Å². The van der Waals surface area contributed by atoms with Crippen LogP contribution in [-0.4, -0.2) is 62.6 Å². The Labute approximate surface area is 169 Å². The molecule has 1 amide bonds. The lowest BCUT2D eigenvalue weighted by molar-refractivity contribution is -0.117. The van der Waals surface area contributed by atoms with E-state index in [0.29, 0.717) is 12.0 Å². The Balaban J connectivity index is 1.40. The van der Waals surface area contributed by atoms with Crippen molar-refractivity contribution in [2.45, 2.75) is 51.5 Å². The molecule has 1 aromatic carbocycles. The Bertz CT molecular complexity index is 675. The first-order valence-corrected chi connectivity index (χ1v) is 10.8. The molecule has 6 heteroatoms. The summed E-state index contributed by atoms with van der Waals surface area (Å²) in [6.07, 6.45) is 7.15. The number of aryl methyl sites for hydroxylation is 1. The number of piperidine rings is 1. The predicted octanol–water partition coefficient (Wildman–Crippen LogP) is 2.40. The van der Waals surface area contributed by atoms with Crippen molar-refractivity contribution in [1.29, 1.82) is 0 Å². The number of aliphatic imine (C=N–C) groups is 1. The van der Waals surface area contributed by atoms with E-state index in [1.54, 1.807) is 7.05 Å². The predicted molar refractivity (Wildman–Crippen MR) is 116 cm³/mol. The van der Waals surface area contributed by atoms with Crippen molar-refractivity contribution in [3.05, 3.63) is 29.8 Å². The summed E-state index contributed by atoms with van der Waals surface area (Å²) >= 11 is 0. The third kappa shape index (κ3) is 5.47. The van der Waals surface area contributed by atoms with Crippen LogP contribution in [-0.2, 0) is 11.2 Å². The van der Waals surface area contributed by atoms with Crippen molar-refractivity contribution in [3.8, 4) is 0 Å². The summed E-state index contributed by atoms with van der Waals surface area (Å²) in [5, 5.41) is 6.52. The molecule has 0 saturated carbocycles. The molecule has 0 radical (unpaired) electrons. The molecule has 2 aliphatic heterocycles. The lowest BCUT2D eigenvalue weighted by Gasteiger charge is -2.33. The van der Waals surface area contributed by atoms with Crippen LogP contribution in [0.25, 0.3) is 0 Å². The standard InChI is InChI=1S/C22H35N5O/c1-18-9-5-6-14-26(18)15-8-13-24-22(23-2)25-17-21(28)27-16-7-11-19-10-3-4-12-20(19)27/h3-4,10,12,18H,5-9,11,13-17H2,1-2H3,(H2,23,24,25). The fourth-order valence-corrected chi connectivity index (χ4v) is 4.25. The maximum atomic E-state index is 12.7. The number of anilines is 1. The van der Waals surface area contributed by atoms with Gasteiger partial charge < -0.3 is 20.4 Å². The Morgan fingerprint density at radius 3 is 2.86 bits per heavy atom. The van der Waals surface area contributed by atoms with Gasteiger partial charge in [-0.05, 0) is 57.2 Å². The summed E-state index contributed by atoms with van der Waals surface area (Å²) in [6.45, 7) is 6.59. The highest BCUT2D eigenvalue weighted by atomic mass is 16.2. The van der Waals surface area contributed by atoms with Crippen LogP contribution in [0.1, 0.15) is 44.6 Å². The summed E-state index contributed by atoms with van der Waals surface area (Å²) in [5.74, 6) is 0.794. The van der Waals surface area contributed by atoms with Gasteiger partial charge in [-0.15, -0.1) is 0 Å². The van der Waals surface area contributed by atoms with Crippen LogP contribution >= 0.6 is 0 Å². The van der Waals surface area contributed by atoms with Gasteiger partial charge in [-0.25, -0.2) is 0 Å². The van der Waals surface area contributed by atoms with Gasteiger partial charge >= 0.3 is 0 Å². The number of likely N-dealkylation sites (tertiary alicyclic amines) is 1. The zero-order chi connectivity index (χ0) is 19.8. The van der Waals surface area contributed by atoms with Crippen LogP contribution in [0, 0.1) is 0 Å². The van der Waals surface area contributed by atoms with Gasteiger partial charge in [0.15, 0.2) is 5.96 Å². The van der Waals surface area contributed by atoms with Gasteiger partial charge in [-0.1, -0.05) is 24.6 Å². The number of benzene rings is 1. The number of amides is 1. The van der Waals surface area contributed by atoms with E-state index >= 15 is 0 Å². The Morgan fingerprint density at radius 1 is 1.18 bits per heavy atom. The van der Waals surface area contributed by atoms with Crippen molar-refractivity contribution in [2.24, 2.45) is 4.99 Å². The average molecular weight is 386 g/mol. The van der Waals surface area contributed by atoms with E-state index in [1.165, 1.54) is 31.4 Å². The number of rotatable bonds is 6. The van der Waals surface area contributed by atoms with Gasteiger partial charge in [0.25, 0.3) is 0 Å². The summed E-state index contributed by atoms with van der Waals surface area (Å²) in [5.41, 5.74) is 2.32. The minimum atomic E-state index is 0.0947. The second kappa shape index (κ2) is 10.5. The molecule has 1 atom stereocenters. The number of carbonyl (C=O) groups excluding carboxylic acids is 1. The molecule has 0 aromatic heterocycles. The van der Waals surface area contributed by atoms with Crippen LogP contribution in [0.3, 0.4) is 0 Å². The SMILES string of the molecule is CN=C(NCCCN1CCCCC1C)NCC(=O)N1CCCc2ccccc21. The quantitative estimate of drug-likeness (QED) is 0.448. The lowest BCUT2D eigenvalue weighted by Crippen LogP contribution is -2.46. The second-order valence-corrected chi connectivity index (χ2v) is 7.86. The number of hydrogen-bond donors (Lipinski definition) is 2. The Kier molecular flexibility index (Phi) is 7.71. The third-order valence-corrected chi connectivity index (χ3v) is 5.90. The maximum Gasteiger partial charge on any atom is 0.246 e. The number of nitrogens with one attached hydrogen (secondary N) is 2. The highest BCUT2D eigenvalue weighted by Gasteiger charge is 2.22. The molecule has 6 nitrogen and oxygen atoms in total. The summed E-state index contributed by atoms with van der Waals surface area (Å²) < 4.78 is 0. The van der Waals surface area contributed by atoms with Crippen molar-refractivity contribution < 1.29 is 4.79 Å². The van der Waals surface area contributed by atoms with Crippen molar-refractivity contribution in [1.82, 2.24) is 15.5 Å². The Morgan fingerprint density at radius 2 is 2.04 bits per heavy atom. The van der Waals surface area contributed by atoms with E-state index in [1.807, 2.05) is 23.1 Å². The van der Waals surface area contributed by atoms with Crippen LogP contribution in [0.5, 0.6) is 0 Å². The largest absolute Gasteiger partial charge is 0.356 e. The molecule has 2 N–H and O–H groups in total. The number of nitrogens with zero attached hydrogens (tertiary/aromatic N) is 3. The van der Waals surface area contributed by atoms with Crippen LogP contribution in [0.4, 0.5) is 5.69 Å². The van der Waals surface area contributed by atoms with Gasteiger partial charge in [0, 0.05) is 38.4 Å². The van der Waals surface area contributed by atoms with Crippen molar-refractivity contribution in [3.63, 3.8) is 0 Å². The molecule has 28 heavy (non-hydrogen) atoms. The van der Waals surface area contributed by atoms with Gasteiger partial charge in [0.2, 0.25) is 5.91 Å². The summed E-state index contributed by atoms with van der Waals surface area (Å²) in [6, 6.07) is 8.91. The molecular formula is C22H35N5O. The number of para-hydroxylation sites is 1. The average Bonchev–Trinajstić information content (AvgIpc) is 2.73. The normalized spacial score (nSPS) is 20.6. The van der Waals surface area contributed by atoms with E-state index in [9.17, 15) is 4.79 Å². The minimum absolute atomic E-state index is 0.0947. The van der Waals surface area contributed by atoms with Gasteiger partial charge in [-0.3, -0.25) is 9.79 Å². The zero-order valence-electron chi connectivity index (χ0n) is 17.4. The van der Waals surface area contributed by atoms with E-state index in [2.05, 4.69) is 33.5 Å². The molecule has 0 aliphatic carbocycles. The number of hydrogen-bond acceptors (Lipinski definition) is 3. The molecular weight excluding hydrogens is 350 g/mol. The molecule has 1 saturated heterocycles. The van der Waals surface area contributed by atoms with Crippen molar-refractivity contribution in [2.75, 3.05) is 44.7 Å². The van der Waals surface area contributed by atoms with Gasteiger partial charge in [0.1, 0.15) is 0 Å². The number of carbonyl (C=O) groups is 1. The highest BCUT2D eigenvalue weighted by molar-refractivity contribution is 5.98. The first kappa shape index (κ1) is 20.6. The summed E-state index contributed by atoms with van der Waals surface area (Å²) in [7, 11) is 1.75. The molecule has 1 aromatic rings. The summed E-state index contributed by atoms with van der Waals surface area (Å²) in [4.78, 5) is 21.5. The third-order valence-electron chi connectivity index (χ3n) is 5.90. The second-order valence-electron chi connectivity index (χ2n) is 7.86. The molecule has 154 valence electrons. The molecule has 2 aliphatic rings. The van der Waals surface area contributed by atoms with Crippen LogP contribution < -0.4 is 15.5 Å². The minimum Gasteiger partial charge on any atom is -0.356 e. The first-order valence-electron chi connectivity index (χ1n) is 10.8. The van der Waals surface area contributed by atoms with E-state index in [4.69, 9.17) is 0 Å². The highest BCUT2D eigenvalue weighted by Crippen LogP contribution is 2.26. The fraction of sp³-hybridized carbons (Fsp3) is 0.636. The maximum absolute atomic E-state index is 12.7. The topological polar surface area (TPSA) is 60.0 Å². The molecule has 3 rings (SSSR count). The Hall–Kier alpha value is -2.08. The number of fused-ring (bicyclic) bond motifs is 1. The molecule has 2 heterocycles. The van der Waals surface area contributed by atoms with Gasteiger partial charge in [0.05, 0.1) is 6.54 Å². The van der Waals surface area contributed by atoms with Gasteiger partial charge in [-0.2, -0.15) is 0 Å². The van der Waals surface area contributed by atoms with Crippen molar-refractivity contribution >= 4 is 17.6 Å². The van der Waals surface area contributed by atoms with Crippen LogP contribution in [0.2, 0.25) is 0 Å². The zero-order valence-corrected chi connectivity index (χ0v) is 17.4.